The van der Waals surface area contributed by atoms with E-state index in [-0.39, 0.29) is 25.6 Å². The van der Waals surface area contributed by atoms with Gasteiger partial charge in [0.1, 0.15) is 6.61 Å². The van der Waals surface area contributed by atoms with Gasteiger partial charge < -0.3 is 9.84 Å². The molecule has 3 heteroatoms. The van der Waals surface area contributed by atoms with Gasteiger partial charge in [-0.15, -0.1) is 0 Å². The average Bonchev–Trinajstić information content (AvgIpc) is 2.58. The van der Waals surface area contributed by atoms with Crippen molar-refractivity contribution in [3.63, 3.8) is 0 Å². The van der Waals surface area contributed by atoms with Crippen molar-refractivity contribution < 1.29 is 14.6 Å². The standard InChI is InChI=1S/C21H42O3/c1-2-3-4-5-6-7-8-9-10-11-12-13-14-15-16-17-21(23)20-24-19-18-22/h22H,2-20H2,1H3. The molecule has 0 aliphatic heterocycles. The van der Waals surface area contributed by atoms with Gasteiger partial charge in [0.2, 0.25) is 0 Å². The molecule has 0 bridgehead atoms. The highest BCUT2D eigenvalue weighted by Gasteiger charge is 2.01. The van der Waals surface area contributed by atoms with Crippen molar-refractivity contribution >= 4 is 5.78 Å². The molecule has 24 heavy (non-hydrogen) atoms. The average molecular weight is 343 g/mol. The molecule has 0 aromatic heterocycles. The predicted octanol–water partition coefficient (Wildman–Crippen LogP) is 5.83. The summed E-state index contributed by atoms with van der Waals surface area (Å²) in [5, 5.41) is 8.56. The summed E-state index contributed by atoms with van der Waals surface area (Å²) in [5.41, 5.74) is 0. The van der Waals surface area contributed by atoms with E-state index in [1.54, 1.807) is 0 Å². The zero-order valence-electron chi connectivity index (χ0n) is 16.2. The minimum atomic E-state index is -0.00770. The Morgan fingerprint density at radius 3 is 1.54 bits per heavy atom. The highest BCUT2D eigenvalue weighted by molar-refractivity contribution is 5.79. The van der Waals surface area contributed by atoms with Crippen molar-refractivity contribution in [2.45, 2.75) is 110 Å². The molecule has 0 fully saturated rings. The normalized spacial score (nSPS) is 11.1. The van der Waals surface area contributed by atoms with Crippen LogP contribution in [0, 0.1) is 0 Å². The van der Waals surface area contributed by atoms with Crippen LogP contribution in [0.5, 0.6) is 0 Å². The predicted molar refractivity (Wildman–Crippen MR) is 102 cm³/mol. The Labute approximate surface area is 150 Å². The Balaban J connectivity index is 3.06. The molecule has 0 spiro atoms. The summed E-state index contributed by atoms with van der Waals surface area (Å²) in [5.74, 6) is 0.165. The Morgan fingerprint density at radius 1 is 0.708 bits per heavy atom. The fourth-order valence-corrected chi connectivity index (χ4v) is 3.02. The number of carbonyl (C=O) groups excluding carboxylic acids is 1. The highest BCUT2D eigenvalue weighted by Crippen LogP contribution is 2.13. The summed E-state index contributed by atoms with van der Waals surface area (Å²) < 4.78 is 5.02. The van der Waals surface area contributed by atoms with Gasteiger partial charge in [-0.3, -0.25) is 4.79 Å². The van der Waals surface area contributed by atoms with Gasteiger partial charge in [0.15, 0.2) is 5.78 Å². The maximum absolute atomic E-state index is 11.4. The van der Waals surface area contributed by atoms with E-state index >= 15 is 0 Å². The lowest BCUT2D eigenvalue weighted by atomic mass is 10.0. The molecule has 0 aromatic rings. The number of unbranched alkanes of at least 4 members (excludes halogenated alkanes) is 14. The van der Waals surface area contributed by atoms with Gasteiger partial charge in [0.05, 0.1) is 13.2 Å². The maximum atomic E-state index is 11.4. The third-order valence-corrected chi connectivity index (χ3v) is 4.56. The molecule has 0 saturated heterocycles. The number of rotatable bonds is 20. The van der Waals surface area contributed by atoms with Crippen molar-refractivity contribution in [1.29, 1.82) is 0 Å². The number of Topliss-reactive ketones (excluding diaryl/α,β-unsaturated/α-hetero) is 1. The van der Waals surface area contributed by atoms with Gasteiger partial charge in [-0.2, -0.15) is 0 Å². The molecular formula is C21H42O3. The van der Waals surface area contributed by atoms with Crippen LogP contribution in [-0.4, -0.2) is 30.7 Å². The Kier molecular flexibility index (Phi) is 20.3. The van der Waals surface area contributed by atoms with Crippen LogP contribution in [0.25, 0.3) is 0 Å². The van der Waals surface area contributed by atoms with Crippen molar-refractivity contribution in [3.8, 4) is 0 Å². The van der Waals surface area contributed by atoms with Gasteiger partial charge in [0.25, 0.3) is 0 Å². The Bertz CT molecular complexity index is 253. The fraction of sp³-hybridized carbons (Fsp3) is 0.952. The topological polar surface area (TPSA) is 46.5 Å². The zero-order valence-corrected chi connectivity index (χ0v) is 16.2. The fourth-order valence-electron chi connectivity index (χ4n) is 3.02. The number of aliphatic hydroxyl groups is 1. The lowest BCUT2D eigenvalue weighted by Gasteiger charge is -2.04. The number of aliphatic hydroxyl groups excluding tert-OH is 1. The molecule has 0 heterocycles. The summed E-state index contributed by atoms with van der Waals surface area (Å²) >= 11 is 0. The van der Waals surface area contributed by atoms with Crippen LogP contribution < -0.4 is 0 Å². The summed E-state index contributed by atoms with van der Waals surface area (Å²) in [7, 11) is 0. The molecule has 0 radical (unpaired) electrons. The molecule has 0 atom stereocenters. The Morgan fingerprint density at radius 2 is 1.12 bits per heavy atom. The van der Waals surface area contributed by atoms with Crippen LogP contribution in [0.1, 0.15) is 110 Å². The minimum Gasteiger partial charge on any atom is -0.394 e. The van der Waals surface area contributed by atoms with E-state index in [2.05, 4.69) is 6.92 Å². The number of hydrogen-bond acceptors (Lipinski definition) is 3. The second-order valence-corrected chi connectivity index (χ2v) is 7.01. The number of ketones is 1. The van der Waals surface area contributed by atoms with Crippen molar-refractivity contribution in [1.82, 2.24) is 0 Å². The van der Waals surface area contributed by atoms with E-state index in [1.165, 1.54) is 83.5 Å². The molecule has 0 saturated carbocycles. The quantitative estimate of drug-likeness (QED) is 0.283. The van der Waals surface area contributed by atoms with Crippen LogP contribution in [0.15, 0.2) is 0 Å². The molecule has 144 valence electrons. The molecule has 3 nitrogen and oxygen atoms in total. The molecule has 0 rings (SSSR count). The van der Waals surface area contributed by atoms with Gasteiger partial charge in [-0.25, -0.2) is 0 Å². The monoisotopic (exact) mass is 342 g/mol. The molecule has 0 amide bonds. The molecule has 0 aromatic carbocycles. The van der Waals surface area contributed by atoms with E-state index < -0.39 is 0 Å². The highest BCUT2D eigenvalue weighted by atomic mass is 16.5. The third kappa shape index (κ3) is 19.6. The molecule has 0 aliphatic carbocycles. The first kappa shape index (κ1) is 23.6. The largest absolute Gasteiger partial charge is 0.394 e. The van der Waals surface area contributed by atoms with Crippen molar-refractivity contribution in [2.24, 2.45) is 0 Å². The van der Waals surface area contributed by atoms with E-state index in [0.717, 1.165) is 12.8 Å². The summed E-state index contributed by atoms with van der Waals surface area (Å²) in [6, 6.07) is 0. The van der Waals surface area contributed by atoms with Gasteiger partial charge in [-0.05, 0) is 6.42 Å². The zero-order chi connectivity index (χ0) is 17.7. The second-order valence-electron chi connectivity index (χ2n) is 7.01. The van der Waals surface area contributed by atoms with E-state index in [0.29, 0.717) is 6.42 Å². The van der Waals surface area contributed by atoms with E-state index in [4.69, 9.17) is 9.84 Å². The first-order valence-corrected chi connectivity index (χ1v) is 10.5. The van der Waals surface area contributed by atoms with Gasteiger partial charge in [0, 0.05) is 6.42 Å². The molecular weight excluding hydrogens is 300 g/mol. The van der Waals surface area contributed by atoms with E-state index in [9.17, 15) is 4.79 Å². The first-order chi connectivity index (χ1) is 11.8. The minimum absolute atomic E-state index is 0.00770. The summed E-state index contributed by atoms with van der Waals surface area (Å²) in [6.07, 6.45) is 20.8. The molecule has 0 unspecified atom stereocenters. The number of hydrogen-bond donors (Lipinski definition) is 1. The van der Waals surface area contributed by atoms with Crippen LogP contribution in [-0.2, 0) is 9.53 Å². The second kappa shape index (κ2) is 20.6. The van der Waals surface area contributed by atoms with E-state index in [1.807, 2.05) is 0 Å². The van der Waals surface area contributed by atoms with Crippen LogP contribution in [0.3, 0.4) is 0 Å². The van der Waals surface area contributed by atoms with Crippen LogP contribution in [0.2, 0.25) is 0 Å². The lowest BCUT2D eigenvalue weighted by molar-refractivity contribution is -0.124. The summed E-state index contributed by atoms with van der Waals surface area (Å²) in [4.78, 5) is 11.4. The van der Waals surface area contributed by atoms with Gasteiger partial charge in [-0.1, -0.05) is 96.8 Å². The number of carbonyl (C=O) groups is 1. The SMILES string of the molecule is CCCCCCCCCCCCCCCCCC(=O)COCCO. The summed E-state index contributed by atoms with van der Waals surface area (Å²) in [6.45, 7) is 2.70. The maximum Gasteiger partial charge on any atom is 0.158 e. The molecule has 1 N–H and O–H groups in total. The number of ether oxygens (including phenoxy) is 1. The lowest BCUT2D eigenvalue weighted by Crippen LogP contribution is -2.10. The van der Waals surface area contributed by atoms with Crippen LogP contribution >= 0.6 is 0 Å². The van der Waals surface area contributed by atoms with Gasteiger partial charge >= 0.3 is 0 Å². The van der Waals surface area contributed by atoms with Crippen LogP contribution in [0.4, 0.5) is 0 Å². The Hall–Kier alpha value is -0.410. The van der Waals surface area contributed by atoms with Crippen molar-refractivity contribution in [3.05, 3.63) is 0 Å². The molecule has 0 aliphatic rings. The van der Waals surface area contributed by atoms with Crippen molar-refractivity contribution in [2.75, 3.05) is 19.8 Å². The first-order valence-electron chi connectivity index (χ1n) is 10.5. The third-order valence-electron chi connectivity index (χ3n) is 4.56. The smallest absolute Gasteiger partial charge is 0.158 e.